The molecule has 10 heteroatoms. The third-order valence-electron chi connectivity index (χ3n) is 5.04. The normalized spacial score (nSPS) is 14.9. The highest BCUT2D eigenvalue weighted by Gasteiger charge is 2.28. The molecule has 1 saturated heterocycles. The van der Waals surface area contributed by atoms with Gasteiger partial charge in [-0.2, -0.15) is 4.31 Å². The van der Waals surface area contributed by atoms with Crippen LogP contribution in [-0.2, 0) is 19.6 Å². The molecular formula is C22H25ClN2O6S. The standard InChI is InChI=1S/C22H25ClN2O6S/c1-30-18-8-6-7-17(14-18)24-21(26)15-31-22(27)16-9-10-19(23)20(13-16)32(28,29)25-11-4-2-3-5-12-25/h6-10,13-14H,2-5,11-12,15H2,1H3,(H,24,26). The first-order chi connectivity index (χ1) is 15.3. The predicted molar refractivity (Wildman–Crippen MR) is 121 cm³/mol. The van der Waals surface area contributed by atoms with E-state index in [0.29, 0.717) is 24.5 Å². The lowest BCUT2D eigenvalue weighted by molar-refractivity contribution is -0.119. The van der Waals surface area contributed by atoms with Crippen LogP contribution in [0.2, 0.25) is 5.02 Å². The molecular weight excluding hydrogens is 456 g/mol. The summed E-state index contributed by atoms with van der Waals surface area (Å²) in [5.74, 6) is -0.799. The average Bonchev–Trinajstić information content (AvgIpc) is 3.08. The molecule has 1 aliphatic heterocycles. The Bertz CT molecular complexity index is 1080. The average molecular weight is 481 g/mol. The van der Waals surface area contributed by atoms with Gasteiger partial charge in [-0.1, -0.05) is 30.5 Å². The number of methoxy groups -OCH3 is 1. The van der Waals surface area contributed by atoms with E-state index >= 15 is 0 Å². The maximum absolute atomic E-state index is 13.1. The number of esters is 1. The van der Waals surface area contributed by atoms with Gasteiger partial charge in [0.25, 0.3) is 5.91 Å². The van der Waals surface area contributed by atoms with Crippen molar-refractivity contribution in [3.05, 3.63) is 53.1 Å². The molecule has 0 unspecified atom stereocenters. The topological polar surface area (TPSA) is 102 Å². The van der Waals surface area contributed by atoms with Crippen LogP contribution in [0.25, 0.3) is 0 Å². The number of halogens is 1. The molecule has 0 atom stereocenters. The summed E-state index contributed by atoms with van der Waals surface area (Å²) >= 11 is 6.16. The van der Waals surface area contributed by atoms with Crippen molar-refractivity contribution in [1.82, 2.24) is 4.31 Å². The van der Waals surface area contributed by atoms with Crippen molar-refractivity contribution < 1.29 is 27.5 Å². The van der Waals surface area contributed by atoms with E-state index in [9.17, 15) is 18.0 Å². The van der Waals surface area contributed by atoms with Gasteiger partial charge in [0.2, 0.25) is 10.0 Å². The second kappa shape index (κ2) is 10.8. The zero-order chi connectivity index (χ0) is 23.1. The summed E-state index contributed by atoms with van der Waals surface area (Å²) in [7, 11) is -2.34. The van der Waals surface area contributed by atoms with Gasteiger partial charge in [0.15, 0.2) is 6.61 Å². The first-order valence-electron chi connectivity index (χ1n) is 10.2. The van der Waals surface area contributed by atoms with Gasteiger partial charge in [0.1, 0.15) is 10.6 Å². The molecule has 2 aromatic carbocycles. The van der Waals surface area contributed by atoms with E-state index in [0.717, 1.165) is 25.7 Å². The monoisotopic (exact) mass is 480 g/mol. The number of nitrogens with one attached hydrogen (secondary N) is 1. The minimum absolute atomic E-state index is 0.00280. The highest BCUT2D eigenvalue weighted by molar-refractivity contribution is 7.89. The molecule has 8 nitrogen and oxygen atoms in total. The number of nitrogens with zero attached hydrogens (tertiary/aromatic N) is 1. The number of carbonyl (C=O) groups excluding carboxylic acids is 2. The zero-order valence-electron chi connectivity index (χ0n) is 17.7. The number of hydrogen-bond donors (Lipinski definition) is 1. The highest BCUT2D eigenvalue weighted by atomic mass is 35.5. The molecule has 0 spiro atoms. The molecule has 2 aromatic rings. The molecule has 0 radical (unpaired) electrons. The largest absolute Gasteiger partial charge is 0.497 e. The SMILES string of the molecule is COc1cccc(NC(=O)COC(=O)c2ccc(Cl)c(S(=O)(=O)N3CCCCCC3)c2)c1. The van der Waals surface area contributed by atoms with E-state index in [4.69, 9.17) is 21.1 Å². The molecule has 0 aromatic heterocycles. The molecule has 172 valence electrons. The Morgan fingerprint density at radius 1 is 1.06 bits per heavy atom. The van der Waals surface area contributed by atoms with Gasteiger partial charge in [-0.25, -0.2) is 13.2 Å². The zero-order valence-corrected chi connectivity index (χ0v) is 19.2. The van der Waals surface area contributed by atoms with Crippen molar-refractivity contribution in [3.8, 4) is 5.75 Å². The van der Waals surface area contributed by atoms with E-state index in [1.165, 1.54) is 29.6 Å². The van der Waals surface area contributed by atoms with Gasteiger partial charge in [0, 0.05) is 24.8 Å². The molecule has 1 aliphatic rings. The maximum atomic E-state index is 13.1. The highest BCUT2D eigenvalue weighted by Crippen LogP contribution is 2.28. The van der Waals surface area contributed by atoms with E-state index in [1.807, 2.05) is 0 Å². The molecule has 1 amide bonds. The van der Waals surface area contributed by atoms with E-state index in [1.54, 1.807) is 24.3 Å². The summed E-state index contributed by atoms with van der Waals surface area (Å²) in [6.07, 6.45) is 3.51. The molecule has 0 aliphatic carbocycles. The van der Waals surface area contributed by atoms with Crippen LogP contribution in [-0.4, -0.2) is 51.4 Å². The lowest BCUT2D eigenvalue weighted by Gasteiger charge is -2.21. The van der Waals surface area contributed by atoms with E-state index in [2.05, 4.69) is 5.32 Å². The van der Waals surface area contributed by atoms with Gasteiger partial charge in [-0.05, 0) is 43.2 Å². The summed E-state index contributed by atoms with van der Waals surface area (Å²) < 4.78 is 37.7. The summed E-state index contributed by atoms with van der Waals surface area (Å²) in [5, 5.41) is 2.63. The summed E-state index contributed by atoms with van der Waals surface area (Å²) in [6, 6.07) is 10.6. The number of rotatable bonds is 7. The number of ether oxygens (including phenoxy) is 2. The molecule has 3 rings (SSSR count). The Balaban J connectivity index is 1.67. The maximum Gasteiger partial charge on any atom is 0.338 e. The van der Waals surface area contributed by atoms with Crippen LogP contribution >= 0.6 is 11.6 Å². The molecule has 1 fully saturated rings. The summed E-state index contributed by atoms with van der Waals surface area (Å²) in [4.78, 5) is 24.4. The van der Waals surface area contributed by atoms with Gasteiger partial charge in [-0.3, -0.25) is 4.79 Å². The van der Waals surface area contributed by atoms with Crippen LogP contribution in [0.5, 0.6) is 5.75 Å². The Morgan fingerprint density at radius 3 is 2.47 bits per heavy atom. The lowest BCUT2D eigenvalue weighted by atomic mass is 10.2. The summed E-state index contributed by atoms with van der Waals surface area (Å²) in [6.45, 7) is 0.294. The van der Waals surface area contributed by atoms with Gasteiger partial charge >= 0.3 is 5.97 Å². The Labute approximate surface area is 192 Å². The fourth-order valence-corrected chi connectivity index (χ4v) is 5.38. The first-order valence-corrected chi connectivity index (χ1v) is 12.0. The number of anilines is 1. The van der Waals surface area contributed by atoms with Crippen molar-refractivity contribution in [2.24, 2.45) is 0 Å². The third kappa shape index (κ3) is 5.99. The van der Waals surface area contributed by atoms with Crippen molar-refractivity contribution >= 4 is 39.2 Å². The van der Waals surface area contributed by atoms with Gasteiger partial charge in [-0.15, -0.1) is 0 Å². The minimum Gasteiger partial charge on any atom is -0.497 e. The van der Waals surface area contributed by atoms with Gasteiger partial charge in [0.05, 0.1) is 17.7 Å². The van der Waals surface area contributed by atoms with E-state index in [-0.39, 0.29) is 15.5 Å². The Kier molecular flexibility index (Phi) is 8.11. The Hall–Kier alpha value is -2.62. The van der Waals surface area contributed by atoms with Crippen molar-refractivity contribution in [1.29, 1.82) is 0 Å². The minimum atomic E-state index is -3.85. The quantitative estimate of drug-likeness (QED) is 0.606. The summed E-state index contributed by atoms with van der Waals surface area (Å²) in [5.41, 5.74) is 0.486. The third-order valence-corrected chi connectivity index (χ3v) is 7.42. The van der Waals surface area contributed by atoms with Crippen LogP contribution < -0.4 is 10.1 Å². The number of carbonyl (C=O) groups is 2. The predicted octanol–water partition coefficient (Wildman–Crippen LogP) is 3.71. The smallest absolute Gasteiger partial charge is 0.338 e. The number of amides is 1. The van der Waals surface area contributed by atoms with Crippen LogP contribution in [0.1, 0.15) is 36.0 Å². The number of sulfonamides is 1. The molecule has 1 N–H and O–H groups in total. The Morgan fingerprint density at radius 2 is 1.78 bits per heavy atom. The number of hydrogen-bond acceptors (Lipinski definition) is 6. The molecule has 1 heterocycles. The first kappa shape index (κ1) is 24.0. The fraction of sp³-hybridized carbons (Fsp3) is 0.364. The molecule has 0 bridgehead atoms. The van der Waals surface area contributed by atoms with Crippen molar-refractivity contribution in [2.75, 3.05) is 32.1 Å². The second-order valence-electron chi connectivity index (χ2n) is 7.32. The molecule has 32 heavy (non-hydrogen) atoms. The van der Waals surface area contributed by atoms with Gasteiger partial charge < -0.3 is 14.8 Å². The number of benzene rings is 2. The van der Waals surface area contributed by atoms with Crippen LogP contribution in [0, 0.1) is 0 Å². The second-order valence-corrected chi connectivity index (χ2v) is 9.63. The fourth-order valence-electron chi connectivity index (χ4n) is 3.36. The molecule has 0 saturated carbocycles. The van der Waals surface area contributed by atoms with Crippen molar-refractivity contribution in [2.45, 2.75) is 30.6 Å². The van der Waals surface area contributed by atoms with Crippen LogP contribution in [0.3, 0.4) is 0 Å². The van der Waals surface area contributed by atoms with Crippen LogP contribution in [0.4, 0.5) is 5.69 Å². The lowest BCUT2D eigenvalue weighted by Crippen LogP contribution is -2.32. The van der Waals surface area contributed by atoms with Crippen LogP contribution in [0.15, 0.2) is 47.4 Å². The van der Waals surface area contributed by atoms with E-state index < -0.39 is 28.5 Å². The van der Waals surface area contributed by atoms with Crippen molar-refractivity contribution in [3.63, 3.8) is 0 Å².